The van der Waals surface area contributed by atoms with Crippen LogP contribution in [0.2, 0.25) is 0 Å². The van der Waals surface area contributed by atoms with Crippen LogP contribution in [0.25, 0.3) is 0 Å². The molecule has 0 bridgehead atoms. The molecule has 0 saturated heterocycles. The van der Waals surface area contributed by atoms with E-state index in [-0.39, 0.29) is 0 Å². The molecular weight excluding hydrogens is 224 g/mol. The van der Waals surface area contributed by atoms with Gasteiger partial charge in [0.05, 0.1) is 19.8 Å². The first-order valence-electron chi connectivity index (χ1n) is 5.16. The molecule has 0 aliphatic rings. The average Bonchev–Trinajstić information content (AvgIpc) is 2.29. The molecule has 0 heterocycles. The highest BCUT2D eigenvalue weighted by molar-refractivity contribution is 7.98. The molecule has 1 N–H and O–H groups in total. The Kier molecular flexibility index (Phi) is 5.49. The topological polar surface area (TPSA) is 38.7 Å². The van der Waals surface area contributed by atoms with Gasteiger partial charge in [0.1, 0.15) is 11.5 Å². The van der Waals surface area contributed by atoms with E-state index in [1.54, 1.807) is 25.8 Å². The minimum atomic E-state index is -0.532. The van der Waals surface area contributed by atoms with E-state index in [1.165, 1.54) is 0 Å². The van der Waals surface area contributed by atoms with E-state index in [4.69, 9.17) is 9.47 Å². The Morgan fingerprint density at radius 2 is 2.19 bits per heavy atom. The lowest BCUT2D eigenvalue weighted by Crippen LogP contribution is -2.04. The maximum atomic E-state index is 9.60. The molecule has 1 rings (SSSR count). The number of ether oxygens (including phenoxy) is 2. The summed E-state index contributed by atoms with van der Waals surface area (Å²) in [6.07, 6.45) is 1.50. The number of aliphatic hydroxyl groups excluding tert-OH is 1. The lowest BCUT2D eigenvalue weighted by Gasteiger charge is -2.14. The minimum absolute atomic E-state index is 0.532. The number of thioether (sulfide) groups is 1. The summed E-state index contributed by atoms with van der Waals surface area (Å²) in [7, 11) is 1.61. The Hall–Kier alpha value is -0.870. The van der Waals surface area contributed by atoms with Crippen LogP contribution in [0.15, 0.2) is 18.2 Å². The SMILES string of the molecule is COc1ccc([C@H](C)O)c(OCCSC)c1. The summed E-state index contributed by atoms with van der Waals surface area (Å²) in [6.45, 7) is 2.36. The van der Waals surface area contributed by atoms with E-state index in [0.29, 0.717) is 12.4 Å². The summed E-state index contributed by atoms with van der Waals surface area (Å²) in [5.41, 5.74) is 0.793. The molecule has 0 unspecified atom stereocenters. The van der Waals surface area contributed by atoms with Gasteiger partial charge in [0, 0.05) is 17.4 Å². The highest BCUT2D eigenvalue weighted by Gasteiger charge is 2.10. The number of hydrogen-bond acceptors (Lipinski definition) is 4. The van der Waals surface area contributed by atoms with E-state index >= 15 is 0 Å². The van der Waals surface area contributed by atoms with Crippen LogP contribution >= 0.6 is 11.8 Å². The quantitative estimate of drug-likeness (QED) is 0.778. The Bertz CT molecular complexity index is 326. The van der Waals surface area contributed by atoms with Gasteiger partial charge < -0.3 is 14.6 Å². The third kappa shape index (κ3) is 3.61. The van der Waals surface area contributed by atoms with Gasteiger partial charge in [-0.15, -0.1) is 0 Å². The fourth-order valence-corrected chi connectivity index (χ4v) is 1.60. The monoisotopic (exact) mass is 242 g/mol. The summed E-state index contributed by atoms with van der Waals surface area (Å²) in [6, 6.07) is 5.46. The molecule has 0 aliphatic carbocycles. The van der Waals surface area contributed by atoms with E-state index in [1.807, 2.05) is 24.5 Å². The zero-order valence-electron chi connectivity index (χ0n) is 9.90. The van der Waals surface area contributed by atoms with Crippen LogP contribution in [0, 0.1) is 0 Å². The zero-order chi connectivity index (χ0) is 12.0. The summed E-state index contributed by atoms with van der Waals surface area (Å²) < 4.78 is 10.7. The van der Waals surface area contributed by atoms with Crippen molar-refractivity contribution in [2.75, 3.05) is 25.7 Å². The molecular formula is C12H18O3S. The fraction of sp³-hybridized carbons (Fsp3) is 0.500. The van der Waals surface area contributed by atoms with Crippen molar-refractivity contribution in [2.45, 2.75) is 13.0 Å². The number of methoxy groups -OCH3 is 1. The van der Waals surface area contributed by atoms with Crippen molar-refractivity contribution >= 4 is 11.8 Å². The van der Waals surface area contributed by atoms with Crippen molar-refractivity contribution in [3.63, 3.8) is 0 Å². The van der Waals surface area contributed by atoms with Crippen LogP contribution in [0.3, 0.4) is 0 Å². The molecule has 0 aromatic heterocycles. The predicted octanol–water partition coefficient (Wildman–Crippen LogP) is 2.49. The van der Waals surface area contributed by atoms with Gasteiger partial charge in [-0.1, -0.05) is 0 Å². The highest BCUT2D eigenvalue weighted by atomic mass is 32.2. The molecule has 16 heavy (non-hydrogen) atoms. The molecule has 0 amide bonds. The Morgan fingerprint density at radius 3 is 2.75 bits per heavy atom. The predicted molar refractivity (Wildman–Crippen MR) is 67.5 cm³/mol. The minimum Gasteiger partial charge on any atom is -0.497 e. The maximum absolute atomic E-state index is 9.60. The second-order valence-electron chi connectivity index (χ2n) is 3.42. The first kappa shape index (κ1) is 13.2. The Morgan fingerprint density at radius 1 is 1.44 bits per heavy atom. The molecule has 0 aliphatic heterocycles. The van der Waals surface area contributed by atoms with E-state index in [9.17, 15) is 5.11 Å². The highest BCUT2D eigenvalue weighted by Crippen LogP contribution is 2.29. The number of rotatable bonds is 6. The van der Waals surface area contributed by atoms with Gasteiger partial charge in [0.2, 0.25) is 0 Å². The van der Waals surface area contributed by atoms with Crippen molar-refractivity contribution in [2.24, 2.45) is 0 Å². The number of hydrogen-bond donors (Lipinski definition) is 1. The normalized spacial score (nSPS) is 12.2. The molecule has 0 fully saturated rings. The van der Waals surface area contributed by atoms with Crippen LogP contribution in [0.1, 0.15) is 18.6 Å². The molecule has 0 radical (unpaired) electrons. The molecule has 4 heteroatoms. The smallest absolute Gasteiger partial charge is 0.128 e. The van der Waals surface area contributed by atoms with Crippen LogP contribution in [-0.4, -0.2) is 30.8 Å². The van der Waals surface area contributed by atoms with Gasteiger partial charge in [-0.25, -0.2) is 0 Å². The summed E-state index contributed by atoms with van der Waals surface area (Å²) in [4.78, 5) is 0. The summed E-state index contributed by atoms with van der Waals surface area (Å²) in [5.74, 6) is 2.36. The van der Waals surface area contributed by atoms with Crippen LogP contribution < -0.4 is 9.47 Å². The Labute approximate surface area is 101 Å². The van der Waals surface area contributed by atoms with Crippen molar-refractivity contribution in [1.29, 1.82) is 0 Å². The third-order valence-corrected chi connectivity index (χ3v) is 2.79. The fourth-order valence-electron chi connectivity index (χ4n) is 1.35. The molecule has 3 nitrogen and oxygen atoms in total. The first-order valence-corrected chi connectivity index (χ1v) is 6.56. The van der Waals surface area contributed by atoms with Crippen molar-refractivity contribution in [3.8, 4) is 11.5 Å². The van der Waals surface area contributed by atoms with E-state index in [2.05, 4.69) is 0 Å². The van der Waals surface area contributed by atoms with Gasteiger partial charge in [-0.2, -0.15) is 11.8 Å². The molecule has 1 atom stereocenters. The van der Waals surface area contributed by atoms with Gasteiger partial charge in [-0.3, -0.25) is 0 Å². The Balaban J connectivity index is 2.83. The lowest BCUT2D eigenvalue weighted by atomic mass is 10.1. The molecule has 1 aromatic rings. The maximum Gasteiger partial charge on any atom is 0.128 e. The van der Waals surface area contributed by atoms with Crippen LogP contribution in [-0.2, 0) is 0 Å². The van der Waals surface area contributed by atoms with E-state index < -0.39 is 6.10 Å². The summed E-state index contributed by atoms with van der Waals surface area (Å²) >= 11 is 1.73. The molecule has 1 aromatic carbocycles. The van der Waals surface area contributed by atoms with Crippen LogP contribution in [0.5, 0.6) is 11.5 Å². The third-order valence-electron chi connectivity index (χ3n) is 2.22. The molecule has 0 spiro atoms. The molecule has 0 saturated carbocycles. The van der Waals surface area contributed by atoms with Crippen molar-refractivity contribution < 1.29 is 14.6 Å². The van der Waals surface area contributed by atoms with Crippen molar-refractivity contribution in [3.05, 3.63) is 23.8 Å². The lowest BCUT2D eigenvalue weighted by molar-refractivity contribution is 0.192. The van der Waals surface area contributed by atoms with Gasteiger partial charge in [0.25, 0.3) is 0 Å². The number of aliphatic hydroxyl groups is 1. The van der Waals surface area contributed by atoms with Crippen LogP contribution in [0.4, 0.5) is 0 Å². The van der Waals surface area contributed by atoms with Crippen molar-refractivity contribution in [1.82, 2.24) is 0 Å². The second-order valence-corrected chi connectivity index (χ2v) is 4.41. The zero-order valence-corrected chi connectivity index (χ0v) is 10.7. The van der Waals surface area contributed by atoms with Gasteiger partial charge >= 0.3 is 0 Å². The van der Waals surface area contributed by atoms with Gasteiger partial charge in [-0.05, 0) is 25.3 Å². The first-order chi connectivity index (χ1) is 7.69. The standard InChI is InChI=1S/C12H18O3S/c1-9(13)11-5-4-10(14-2)8-12(11)15-6-7-16-3/h4-5,8-9,13H,6-7H2,1-3H3/t9-/m0/s1. The second kappa shape index (κ2) is 6.66. The molecule has 90 valence electrons. The van der Waals surface area contributed by atoms with Gasteiger partial charge in [0.15, 0.2) is 0 Å². The van der Waals surface area contributed by atoms with E-state index in [0.717, 1.165) is 17.1 Å². The summed E-state index contributed by atoms with van der Waals surface area (Å²) in [5, 5.41) is 9.60. The average molecular weight is 242 g/mol. The largest absolute Gasteiger partial charge is 0.497 e. The number of benzene rings is 1.